The third kappa shape index (κ3) is 2.32. The Morgan fingerprint density at radius 3 is 2.67 bits per heavy atom. The molecule has 86 valence electrons. The molecule has 1 heterocycles. The largest absolute Gasteiger partial charge is 0.461 e. The first kappa shape index (κ1) is 11.7. The van der Waals surface area contributed by atoms with Crippen LogP contribution in [0.4, 0.5) is 0 Å². The van der Waals surface area contributed by atoms with Crippen molar-refractivity contribution in [2.75, 3.05) is 0 Å². The number of carbonyl (C=O) groups is 1. The Balaban J connectivity index is 1.66. The van der Waals surface area contributed by atoms with Crippen molar-refractivity contribution in [3.05, 3.63) is 0 Å². The van der Waals surface area contributed by atoms with Gasteiger partial charge < -0.3 is 4.74 Å². The second-order valence-electron chi connectivity index (χ2n) is 4.81. The summed E-state index contributed by atoms with van der Waals surface area (Å²) in [5.74, 6) is 0.293. The molecule has 0 N–H and O–H groups in total. The van der Waals surface area contributed by atoms with Crippen molar-refractivity contribution >= 4 is 28.6 Å². The number of cyclic esters (lactones) is 1. The molecule has 0 spiro atoms. The molecular weight excluding hydrogens is 303 g/mol. The molecule has 2 nitrogen and oxygen atoms in total. The van der Waals surface area contributed by atoms with Gasteiger partial charge in [0.2, 0.25) is 0 Å². The topological polar surface area (TPSA) is 26.3 Å². The zero-order valence-electron chi connectivity index (χ0n) is 9.30. The molecule has 0 unspecified atom stereocenters. The first-order valence-corrected chi connectivity index (χ1v) is 7.15. The van der Waals surface area contributed by atoms with Crippen LogP contribution in [0.1, 0.15) is 51.9 Å². The van der Waals surface area contributed by atoms with Crippen LogP contribution in [-0.2, 0) is 9.53 Å². The summed E-state index contributed by atoms with van der Waals surface area (Å²) in [6.07, 6.45) is 8.82. The van der Waals surface area contributed by atoms with E-state index in [1.807, 2.05) is 0 Å². The van der Waals surface area contributed by atoms with Gasteiger partial charge in [0, 0.05) is 0 Å². The predicted octanol–water partition coefficient (Wildman–Crippen LogP) is 3.47. The van der Waals surface area contributed by atoms with Gasteiger partial charge in [-0.2, -0.15) is 0 Å². The molecule has 15 heavy (non-hydrogen) atoms. The van der Waals surface area contributed by atoms with E-state index in [0.717, 1.165) is 12.8 Å². The van der Waals surface area contributed by atoms with E-state index >= 15 is 0 Å². The van der Waals surface area contributed by atoms with E-state index in [4.69, 9.17) is 4.74 Å². The van der Waals surface area contributed by atoms with E-state index in [2.05, 4.69) is 29.5 Å². The summed E-state index contributed by atoms with van der Waals surface area (Å²) in [5, 5.41) is 0. The van der Waals surface area contributed by atoms with Gasteiger partial charge in [-0.3, -0.25) is 4.79 Å². The molecule has 3 heteroatoms. The highest BCUT2D eigenvalue weighted by molar-refractivity contribution is 14.1. The Morgan fingerprint density at radius 1 is 1.40 bits per heavy atom. The highest BCUT2D eigenvalue weighted by Crippen LogP contribution is 2.61. The van der Waals surface area contributed by atoms with Crippen molar-refractivity contribution in [2.45, 2.75) is 61.4 Å². The summed E-state index contributed by atoms with van der Waals surface area (Å²) in [5.41, 5.74) is 0. The van der Waals surface area contributed by atoms with Gasteiger partial charge in [0.05, 0.1) is 9.34 Å². The highest BCUT2D eigenvalue weighted by Gasteiger charge is 2.68. The lowest BCUT2D eigenvalue weighted by Gasteiger charge is -2.16. The summed E-state index contributed by atoms with van der Waals surface area (Å²) in [7, 11) is 0. The number of carbonyl (C=O) groups excluding carboxylic acids is 1. The third-order valence-corrected chi connectivity index (χ3v) is 5.47. The molecule has 1 aliphatic heterocycles. The maximum atomic E-state index is 11.3. The number of hydrogen-bond donors (Lipinski definition) is 0. The van der Waals surface area contributed by atoms with Crippen LogP contribution in [0.15, 0.2) is 0 Å². The van der Waals surface area contributed by atoms with Gasteiger partial charge in [0.15, 0.2) is 0 Å². The second kappa shape index (κ2) is 4.60. The summed E-state index contributed by atoms with van der Waals surface area (Å²) >= 11 is 2.44. The van der Waals surface area contributed by atoms with Crippen LogP contribution < -0.4 is 0 Å². The molecule has 3 atom stereocenters. The predicted molar refractivity (Wildman–Crippen MR) is 68.1 cm³/mol. The van der Waals surface area contributed by atoms with Gasteiger partial charge >= 0.3 is 5.97 Å². The molecule has 1 aliphatic carbocycles. The number of hydrogen-bond acceptors (Lipinski definition) is 2. The van der Waals surface area contributed by atoms with Gasteiger partial charge in [0.1, 0.15) is 6.10 Å². The van der Waals surface area contributed by atoms with E-state index in [1.165, 1.54) is 32.1 Å². The average molecular weight is 322 g/mol. The van der Waals surface area contributed by atoms with Gasteiger partial charge in [-0.05, 0) is 19.3 Å². The van der Waals surface area contributed by atoms with Crippen LogP contribution in [0.25, 0.3) is 0 Å². The Labute approximate surface area is 105 Å². The molecular formula is C12H19IO2. The first-order chi connectivity index (χ1) is 7.18. The van der Waals surface area contributed by atoms with Crippen LogP contribution >= 0.6 is 22.6 Å². The SMILES string of the molecule is CCCCCCC[C@@H]1OC(=O)[C@@H]2C[C@]12I. The highest BCUT2D eigenvalue weighted by atomic mass is 127. The molecule has 2 rings (SSSR count). The summed E-state index contributed by atoms with van der Waals surface area (Å²) in [4.78, 5) is 11.3. The van der Waals surface area contributed by atoms with Crippen LogP contribution in [0.2, 0.25) is 0 Å². The maximum Gasteiger partial charge on any atom is 0.310 e. The number of halogens is 1. The van der Waals surface area contributed by atoms with Gasteiger partial charge in [-0.1, -0.05) is 55.2 Å². The number of alkyl halides is 1. The van der Waals surface area contributed by atoms with E-state index in [1.54, 1.807) is 0 Å². The van der Waals surface area contributed by atoms with Crippen molar-refractivity contribution < 1.29 is 9.53 Å². The Kier molecular flexibility index (Phi) is 3.58. The van der Waals surface area contributed by atoms with Crippen LogP contribution in [0.3, 0.4) is 0 Å². The zero-order chi connectivity index (χ0) is 10.9. The van der Waals surface area contributed by atoms with E-state index in [-0.39, 0.29) is 21.4 Å². The average Bonchev–Trinajstić information content (AvgIpc) is 2.84. The molecule has 0 aromatic heterocycles. The summed E-state index contributed by atoms with van der Waals surface area (Å²) in [6, 6.07) is 0. The van der Waals surface area contributed by atoms with E-state index in [0.29, 0.717) is 0 Å². The number of fused-ring (bicyclic) bond motifs is 1. The fourth-order valence-corrected chi connectivity index (χ4v) is 3.57. The number of unbranched alkanes of at least 4 members (excludes halogenated alkanes) is 4. The van der Waals surface area contributed by atoms with Crippen LogP contribution in [0, 0.1) is 5.92 Å². The van der Waals surface area contributed by atoms with Crippen molar-refractivity contribution in [1.82, 2.24) is 0 Å². The Morgan fingerprint density at radius 2 is 2.13 bits per heavy atom. The normalized spacial score (nSPS) is 37.6. The van der Waals surface area contributed by atoms with Crippen LogP contribution in [0.5, 0.6) is 0 Å². The molecule has 1 saturated carbocycles. The van der Waals surface area contributed by atoms with Crippen molar-refractivity contribution in [3.63, 3.8) is 0 Å². The van der Waals surface area contributed by atoms with Gasteiger partial charge in [-0.25, -0.2) is 0 Å². The lowest BCUT2D eigenvalue weighted by Crippen LogP contribution is -2.21. The monoisotopic (exact) mass is 322 g/mol. The summed E-state index contributed by atoms with van der Waals surface area (Å²) < 4.78 is 5.58. The fourth-order valence-electron chi connectivity index (χ4n) is 2.44. The van der Waals surface area contributed by atoms with Crippen molar-refractivity contribution in [3.8, 4) is 0 Å². The third-order valence-electron chi connectivity index (χ3n) is 3.58. The van der Waals surface area contributed by atoms with Gasteiger partial charge in [0.25, 0.3) is 0 Å². The van der Waals surface area contributed by atoms with Gasteiger partial charge in [-0.15, -0.1) is 0 Å². The first-order valence-electron chi connectivity index (χ1n) is 6.08. The smallest absolute Gasteiger partial charge is 0.310 e. The Bertz CT molecular complexity index is 254. The fraction of sp³-hybridized carbons (Fsp3) is 0.917. The molecule has 0 amide bonds. The van der Waals surface area contributed by atoms with Crippen molar-refractivity contribution in [2.24, 2.45) is 5.92 Å². The number of ether oxygens (including phenoxy) is 1. The standard InChI is InChI=1S/C12H19IO2/c1-2-3-4-5-6-7-10-12(13)8-9(12)11(14)15-10/h9-10H,2-8H2,1H3/t9-,10-,12+/m0/s1. The molecule has 0 radical (unpaired) electrons. The lowest BCUT2D eigenvalue weighted by molar-refractivity contribution is -0.145. The van der Waals surface area contributed by atoms with E-state index < -0.39 is 0 Å². The lowest BCUT2D eigenvalue weighted by atomic mass is 10.1. The van der Waals surface area contributed by atoms with Crippen LogP contribution in [-0.4, -0.2) is 15.5 Å². The van der Waals surface area contributed by atoms with E-state index in [9.17, 15) is 4.79 Å². The number of rotatable bonds is 6. The second-order valence-corrected chi connectivity index (χ2v) is 6.82. The zero-order valence-corrected chi connectivity index (χ0v) is 11.5. The molecule has 2 aliphatic rings. The minimum atomic E-state index is 0.0583. The number of esters is 1. The summed E-state index contributed by atoms with van der Waals surface area (Å²) in [6.45, 7) is 2.23. The molecule has 2 fully saturated rings. The minimum Gasteiger partial charge on any atom is -0.461 e. The Hall–Kier alpha value is 0.200. The quantitative estimate of drug-likeness (QED) is 0.324. The molecule has 0 aromatic carbocycles. The molecule has 1 saturated heterocycles. The van der Waals surface area contributed by atoms with Crippen molar-refractivity contribution in [1.29, 1.82) is 0 Å². The maximum absolute atomic E-state index is 11.3. The minimum absolute atomic E-state index is 0.0583. The molecule has 0 aromatic rings. The molecule has 0 bridgehead atoms.